The molecule has 1 amide bonds. The lowest BCUT2D eigenvalue weighted by atomic mass is 10.3. The molecule has 1 heterocycles. The van der Waals surface area contributed by atoms with Gasteiger partial charge in [0.15, 0.2) is 11.5 Å². The Morgan fingerprint density at radius 1 is 1.26 bits per heavy atom. The van der Waals surface area contributed by atoms with Gasteiger partial charge in [0.25, 0.3) is 0 Å². The van der Waals surface area contributed by atoms with Crippen LogP contribution in [0.25, 0.3) is 0 Å². The Morgan fingerprint density at radius 2 is 2.00 bits per heavy atom. The third-order valence-corrected chi connectivity index (χ3v) is 4.48. The number of ether oxygens (including phenoxy) is 3. The van der Waals surface area contributed by atoms with Crippen LogP contribution in [0.1, 0.15) is 6.42 Å². The number of sulfonamides is 1. The number of carbonyl (C=O) groups is 1. The van der Waals surface area contributed by atoms with Crippen LogP contribution in [-0.2, 0) is 19.6 Å². The number of amides is 1. The second kappa shape index (κ2) is 8.14. The first kappa shape index (κ1) is 17.5. The third-order valence-electron chi connectivity index (χ3n) is 3.08. The minimum absolute atomic E-state index is 0.0199. The van der Waals surface area contributed by atoms with E-state index in [4.69, 9.17) is 14.2 Å². The molecule has 0 radical (unpaired) electrons. The van der Waals surface area contributed by atoms with Gasteiger partial charge in [-0.3, -0.25) is 4.79 Å². The zero-order chi connectivity index (χ0) is 16.7. The normalized spacial score (nSPS) is 14.1. The molecule has 9 heteroatoms. The maximum atomic E-state index is 12.2. The molecule has 2 N–H and O–H groups in total. The van der Waals surface area contributed by atoms with Crippen molar-refractivity contribution in [3.63, 3.8) is 0 Å². The minimum atomic E-state index is -3.81. The highest BCUT2D eigenvalue weighted by molar-refractivity contribution is 7.89. The Bertz CT molecular complexity index is 647. The van der Waals surface area contributed by atoms with Gasteiger partial charge >= 0.3 is 0 Å². The van der Waals surface area contributed by atoms with Gasteiger partial charge < -0.3 is 19.5 Å². The molecule has 0 aliphatic carbocycles. The summed E-state index contributed by atoms with van der Waals surface area (Å²) in [6.45, 7) is 1.33. The van der Waals surface area contributed by atoms with Crippen molar-refractivity contribution in [1.82, 2.24) is 10.0 Å². The number of benzene rings is 1. The summed E-state index contributed by atoms with van der Waals surface area (Å²) in [5, 5.41) is 2.53. The van der Waals surface area contributed by atoms with E-state index in [9.17, 15) is 13.2 Å². The second-order valence-corrected chi connectivity index (χ2v) is 6.59. The Balaban J connectivity index is 1.99. The number of hydrogen-bond donors (Lipinski definition) is 2. The molecule has 0 saturated heterocycles. The van der Waals surface area contributed by atoms with Crippen molar-refractivity contribution in [2.45, 2.75) is 11.3 Å². The van der Waals surface area contributed by atoms with Gasteiger partial charge in [-0.2, -0.15) is 0 Å². The summed E-state index contributed by atoms with van der Waals surface area (Å²) in [5.74, 6) is 0.466. The van der Waals surface area contributed by atoms with Crippen LogP contribution in [0.15, 0.2) is 23.1 Å². The van der Waals surface area contributed by atoms with Crippen LogP contribution in [0.3, 0.4) is 0 Å². The molecule has 0 unspecified atom stereocenters. The molecule has 0 spiro atoms. The second-order valence-electron chi connectivity index (χ2n) is 4.83. The summed E-state index contributed by atoms with van der Waals surface area (Å²) in [6, 6.07) is 4.36. The molecule has 1 aromatic rings. The fraction of sp³-hybridized carbons (Fsp3) is 0.500. The number of rotatable bonds is 7. The number of fused-ring (bicyclic) bond motifs is 1. The third kappa shape index (κ3) is 5.08. The molecule has 1 aliphatic heterocycles. The average Bonchev–Trinajstić information content (AvgIpc) is 2.78. The number of hydrogen-bond acceptors (Lipinski definition) is 6. The minimum Gasteiger partial charge on any atom is -0.490 e. The van der Waals surface area contributed by atoms with Crippen LogP contribution in [0, 0.1) is 0 Å². The highest BCUT2D eigenvalue weighted by atomic mass is 32.2. The molecule has 1 aliphatic rings. The van der Waals surface area contributed by atoms with Gasteiger partial charge in [-0.15, -0.1) is 0 Å². The van der Waals surface area contributed by atoms with E-state index in [1.54, 1.807) is 6.07 Å². The van der Waals surface area contributed by atoms with Crippen molar-refractivity contribution in [3.8, 4) is 11.5 Å². The van der Waals surface area contributed by atoms with Crippen LogP contribution >= 0.6 is 0 Å². The molecule has 128 valence electrons. The fourth-order valence-corrected chi connectivity index (χ4v) is 2.91. The highest BCUT2D eigenvalue weighted by Gasteiger charge is 2.19. The monoisotopic (exact) mass is 344 g/mol. The summed E-state index contributed by atoms with van der Waals surface area (Å²) in [5.41, 5.74) is 0. The molecular weight excluding hydrogens is 324 g/mol. The van der Waals surface area contributed by atoms with Crippen LogP contribution in [-0.4, -0.2) is 54.3 Å². The molecular formula is C14H20N2O6S. The Kier molecular flexibility index (Phi) is 6.20. The van der Waals surface area contributed by atoms with E-state index < -0.39 is 15.9 Å². The van der Waals surface area contributed by atoms with Crippen molar-refractivity contribution in [3.05, 3.63) is 18.2 Å². The van der Waals surface area contributed by atoms with Gasteiger partial charge in [-0.05, 0) is 12.1 Å². The molecule has 2 rings (SSSR count). The van der Waals surface area contributed by atoms with Crippen molar-refractivity contribution < 1.29 is 27.4 Å². The average molecular weight is 344 g/mol. The van der Waals surface area contributed by atoms with Gasteiger partial charge in [0, 0.05) is 26.1 Å². The first-order chi connectivity index (χ1) is 11.0. The molecule has 0 fully saturated rings. The van der Waals surface area contributed by atoms with Crippen LogP contribution < -0.4 is 19.5 Å². The van der Waals surface area contributed by atoms with Crippen LogP contribution in [0.4, 0.5) is 0 Å². The zero-order valence-corrected chi connectivity index (χ0v) is 13.6. The number of nitrogens with one attached hydrogen (secondary N) is 2. The zero-order valence-electron chi connectivity index (χ0n) is 12.8. The first-order valence-electron chi connectivity index (χ1n) is 7.18. The summed E-state index contributed by atoms with van der Waals surface area (Å²) in [6.07, 6.45) is 0.733. The van der Waals surface area contributed by atoms with E-state index >= 15 is 0 Å². The topological polar surface area (TPSA) is 103 Å². The quantitative estimate of drug-likeness (QED) is 0.669. The van der Waals surface area contributed by atoms with E-state index in [-0.39, 0.29) is 11.4 Å². The van der Waals surface area contributed by atoms with Crippen molar-refractivity contribution >= 4 is 15.9 Å². The van der Waals surface area contributed by atoms with E-state index in [0.29, 0.717) is 37.9 Å². The van der Waals surface area contributed by atoms with E-state index in [0.717, 1.165) is 6.42 Å². The van der Waals surface area contributed by atoms with Gasteiger partial charge in [0.1, 0.15) is 0 Å². The lowest BCUT2D eigenvalue weighted by molar-refractivity contribution is -0.120. The summed E-state index contributed by atoms with van der Waals surface area (Å²) >= 11 is 0. The maximum absolute atomic E-state index is 12.2. The largest absolute Gasteiger partial charge is 0.490 e. The van der Waals surface area contributed by atoms with E-state index in [2.05, 4.69) is 10.0 Å². The predicted octanol–water partition coefficient (Wildman–Crippen LogP) is -0.111. The summed E-state index contributed by atoms with van der Waals surface area (Å²) in [7, 11) is -2.30. The Morgan fingerprint density at radius 3 is 2.74 bits per heavy atom. The van der Waals surface area contributed by atoms with Crippen LogP contribution in [0.5, 0.6) is 11.5 Å². The standard InChI is InChI=1S/C14H20N2O6S/c1-20-8-5-15-14(17)10-16-23(18,19)11-3-4-12-13(9-11)22-7-2-6-21-12/h3-4,9,16H,2,5-8,10H2,1H3,(H,15,17). The molecule has 0 saturated carbocycles. The van der Waals surface area contributed by atoms with Gasteiger partial charge in [-0.25, -0.2) is 13.1 Å². The highest BCUT2D eigenvalue weighted by Crippen LogP contribution is 2.31. The van der Waals surface area contributed by atoms with E-state index in [1.807, 2.05) is 0 Å². The maximum Gasteiger partial charge on any atom is 0.241 e. The lowest BCUT2D eigenvalue weighted by Gasteiger charge is -2.11. The molecule has 0 atom stereocenters. The number of methoxy groups -OCH3 is 1. The molecule has 8 nitrogen and oxygen atoms in total. The smallest absolute Gasteiger partial charge is 0.241 e. The predicted molar refractivity (Wildman–Crippen MR) is 82.1 cm³/mol. The lowest BCUT2D eigenvalue weighted by Crippen LogP contribution is -2.38. The molecule has 1 aromatic carbocycles. The SMILES string of the molecule is COCCNC(=O)CNS(=O)(=O)c1ccc2c(c1)OCCCO2. The molecule has 23 heavy (non-hydrogen) atoms. The van der Waals surface area contributed by atoms with Gasteiger partial charge in [0.05, 0.1) is 31.3 Å². The number of carbonyl (C=O) groups excluding carboxylic acids is 1. The summed E-state index contributed by atoms with van der Waals surface area (Å²) < 4.78 is 42.4. The first-order valence-corrected chi connectivity index (χ1v) is 8.66. The Hall–Kier alpha value is -1.84. The van der Waals surface area contributed by atoms with E-state index in [1.165, 1.54) is 19.2 Å². The van der Waals surface area contributed by atoms with Crippen LogP contribution in [0.2, 0.25) is 0 Å². The van der Waals surface area contributed by atoms with Crippen molar-refractivity contribution in [1.29, 1.82) is 0 Å². The fourth-order valence-electron chi connectivity index (χ4n) is 1.91. The summed E-state index contributed by atoms with van der Waals surface area (Å²) in [4.78, 5) is 11.6. The Labute approximate surface area is 135 Å². The van der Waals surface area contributed by atoms with Gasteiger partial charge in [0.2, 0.25) is 15.9 Å². The van der Waals surface area contributed by atoms with Gasteiger partial charge in [-0.1, -0.05) is 0 Å². The van der Waals surface area contributed by atoms with Crippen molar-refractivity contribution in [2.75, 3.05) is 40.0 Å². The molecule has 0 bridgehead atoms. The van der Waals surface area contributed by atoms with Crippen molar-refractivity contribution in [2.24, 2.45) is 0 Å². The molecule has 0 aromatic heterocycles.